The molecule has 6 heteroatoms. The Morgan fingerprint density at radius 2 is 1.59 bits per heavy atom. The number of rotatable bonds is 6. The van der Waals surface area contributed by atoms with Gasteiger partial charge >= 0.3 is 0 Å². The van der Waals surface area contributed by atoms with Crippen LogP contribution in [-0.4, -0.2) is 21.7 Å². The normalized spacial score (nSPS) is 11.6. The smallest absolute Gasteiger partial charge is 0.261 e. The first-order valence-electron chi connectivity index (χ1n) is 9.17. The van der Waals surface area contributed by atoms with Crippen molar-refractivity contribution in [3.05, 3.63) is 82.9 Å². The first-order chi connectivity index (χ1) is 13.8. The number of nitrogens with zero attached hydrogens (tertiary/aromatic N) is 1. The van der Waals surface area contributed by atoms with Gasteiger partial charge < -0.3 is 4.74 Å². The van der Waals surface area contributed by atoms with Crippen molar-refractivity contribution in [2.45, 2.75) is 25.7 Å². The SMILES string of the molecule is COc1cccc(C=Nc2ccc(S(=O)(=O)Nc3c(C)cc(C)cc3C)cc2)c1. The van der Waals surface area contributed by atoms with Gasteiger partial charge in [0.1, 0.15) is 5.75 Å². The lowest BCUT2D eigenvalue weighted by Gasteiger charge is -2.14. The number of aryl methyl sites for hydroxylation is 3. The Kier molecular flexibility index (Phi) is 6.03. The zero-order valence-electron chi connectivity index (χ0n) is 16.9. The third-order valence-electron chi connectivity index (χ3n) is 4.52. The van der Waals surface area contributed by atoms with Crippen LogP contribution in [0.2, 0.25) is 0 Å². The zero-order chi connectivity index (χ0) is 21.0. The summed E-state index contributed by atoms with van der Waals surface area (Å²) in [6, 6.07) is 17.9. The molecule has 0 aliphatic rings. The van der Waals surface area contributed by atoms with E-state index in [1.807, 2.05) is 57.2 Å². The second kappa shape index (κ2) is 8.49. The number of ether oxygens (including phenoxy) is 1. The largest absolute Gasteiger partial charge is 0.497 e. The molecule has 0 aromatic heterocycles. The van der Waals surface area contributed by atoms with Crippen LogP contribution in [0.5, 0.6) is 5.75 Å². The molecule has 0 saturated carbocycles. The fourth-order valence-corrected chi connectivity index (χ4v) is 4.32. The molecule has 0 radical (unpaired) electrons. The second-order valence-electron chi connectivity index (χ2n) is 6.91. The van der Waals surface area contributed by atoms with Crippen LogP contribution in [0, 0.1) is 20.8 Å². The van der Waals surface area contributed by atoms with Gasteiger partial charge in [-0.15, -0.1) is 0 Å². The number of benzene rings is 3. The van der Waals surface area contributed by atoms with E-state index in [1.165, 1.54) is 0 Å². The van der Waals surface area contributed by atoms with Crippen LogP contribution < -0.4 is 9.46 Å². The van der Waals surface area contributed by atoms with Gasteiger partial charge in [0.25, 0.3) is 10.0 Å². The molecule has 0 heterocycles. The molecule has 3 rings (SSSR count). The second-order valence-corrected chi connectivity index (χ2v) is 8.59. The van der Waals surface area contributed by atoms with E-state index in [0.29, 0.717) is 11.4 Å². The van der Waals surface area contributed by atoms with Crippen molar-refractivity contribution in [1.82, 2.24) is 0 Å². The third kappa shape index (κ3) is 5.03. The Bertz CT molecular complexity index is 1130. The summed E-state index contributed by atoms with van der Waals surface area (Å²) in [5.41, 5.74) is 5.07. The number of hydrogen-bond acceptors (Lipinski definition) is 4. The van der Waals surface area contributed by atoms with Crippen molar-refractivity contribution in [3.8, 4) is 5.75 Å². The molecule has 0 saturated heterocycles. The van der Waals surface area contributed by atoms with Gasteiger partial charge in [-0.2, -0.15) is 0 Å². The maximum Gasteiger partial charge on any atom is 0.261 e. The summed E-state index contributed by atoms with van der Waals surface area (Å²) >= 11 is 0. The summed E-state index contributed by atoms with van der Waals surface area (Å²) in [7, 11) is -2.07. The molecule has 150 valence electrons. The quantitative estimate of drug-likeness (QED) is 0.572. The van der Waals surface area contributed by atoms with E-state index in [0.717, 1.165) is 28.0 Å². The highest BCUT2D eigenvalue weighted by Gasteiger charge is 2.16. The Morgan fingerprint density at radius 3 is 2.21 bits per heavy atom. The van der Waals surface area contributed by atoms with Crippen LogP contribution in [0.4, 0.5) is 11.4 Å². The molecule has 5 nitrogen and oxygen atoms in total. The standard InChI is InChI=1S/C23H24N2O3S/c1-16-12-17(2)23(18(3)13-16)25-29(26,27)22-10-8-20(9-11-22)24-15-19-6-5-7-21(14-19)28-4/h5-15,25H,1-4H3. The summed E-state index contributed by atoms with van der Waals surface area (Å²) in [4.78, 5) is 4.59. The van der Waals surface area contributed by atoms with Crippen LogP contribution >= 0.6 is 0 Å². The van der Waals surface area contributed by atoms with Gasteiger partial charge in [0.15, 0.2) is 0 Å². The summed E-state index contributed by atoms with van der Waals surface area (Å²) in [5.74, 6) is 0.753. The maximum absolute atomic E-state index is 12.8. The summed E-state index contributed by atoms with van der Waals surface area (Å²) in [5, 5.41) is 0. The minimum absolute atomic E-state index is 0.192. The van der Waals surface area contributed by atoms with E-state index in [-0.39, 0.29) is 4.90 Å². The minimum Gasteiger partial charge on any atom is -0.497 e. The molecule has 0 atom stereocenters. The third-order valence-corrected chi connectivity index (χ3v) is 5.88. The van der Waals surface area contributed by atoms with Crippen molar-refractivity contribution >= 4 is 27.6 Å². The number of methoxy groups -OCH3 is 1. The van der Waals surface area contributed by atoms with Gasteiger partial charge in [0, 0.05) is 6.21 Å². The Balaban J connectivity index is 1.79. The predicted molar refractivity (Wildman–Crippen MR) is 118 cm³/mol. The highest BCUT2D eigenvalue weighted by Crippen LogP contribution is 2.26. The molecule has 0 aliphatic carbocycles. The first kappa shape index (κ1) is 20.6. The minimum atomic E-state index is -3.68. The molecule has 0 bridgehead atoms. The predicted octanol–water partition coefficient (Wildman–Crippen LogP) is 5.17. The Labute approximate surface area is 172 Å². The first-order valence-corrected chi connectivity index (χ1v) is 10.7. The van der Waals surface area contributed by atoms with Crippen molar-refractivity contribution in [2.75, 3.05) is 11.8 Å². The summed E-state index contributed by atoms with van der Waals surface area (Å²) < 4.78 is 33.5. The Hall–Kier alpha value is -3.12. The molecule has 1 N–H and O–H groups in total. The van der Waals surface area contributed by atoms with Gasteiger partial charge in [-0.1, -0.05) is 29.8 Å². The van der Waals surface area contributed by atoms with E-state index >= 15 is 0 Å². The average Bonchev–Trinajstić information content (AvgIpc) is 2.69. The van der Waals surface area contributed by atoms with Crippen LogP contribution in [-0.2, 0) is 10.0 Å². The fourth-order valence-electron chi connectivity index (χ4n) is 3.12. The highest BCUT2D eigenvalue weighted by atomic mass is 32.2. The van der Waals surface area contributed by atoms with E-state index in [4.69, 9.17) is 4.74 Å². The lowest BCUT2D eigenvalue weighted by Crippen LogP contribution is -2.14. The van der Waals surface area contributed by atoms with Crippen molar-refractivity contribution in [2.24, 2.45) is 4.99 Å². The van der Waals surface area contributed by atoms with Gasteiger partial charge in [0.2, 0.25) is 0 Å². The summed E-state index contributed by atoms with van der Waals surface area (Å²) in [6.45, 7) is 5.78. The number of aliphatic imine (C=N–C) groups is 1. The van der Waals surface area contributed by atoms with E-state index < -0.39 is 10.0 Å². The molecule has 0 spiro atoms. The lowest BCUT2D eigenvalue weighted by molar-refractivity contribution is 0.415. The van der Waals surface area contributed by atoms with Crippen molar-refractivity contribution in [1.29, 1.82) is 0 Å². The van der Waals surface area contributed by atoms with Crippen LogP contribution in [0.3, 0.4) is 0 Å². The monoisotopic (exact) mass is 408 g/mol. The van der Waals surface area contributed by atoms with Gasteiger partial charge in [0.05, 0.1) is 23.4 Å². The molecule has 0 unspecified atom stereocenters. The molecular weight excluding hydrogens is 384 g/mol. The number of anilines is 1. The van der Waals surface area contributed by atoms with E-state index in [1.54, 1.807) is 37.6 Å². The molecular formula is C23H24N2O3S. The maximum atomic E-state index is 12.8. The molecule has 29 heavy (non-hydrogen) atoms. The molecule has 0 amide bonds. The molecule has 0 fully saturated rings. The van der Waals surface area contributed by atoms with Gasteiger partial charge in [-0.3, -0.25) is 9.71 Å². The van der Waals surface area contributed by atoms with Gasteiger partial charge in [-0.05, 0) is 73.9 Å². The van der Waals surface area contributed by atoms with Crippen LogP contribution in [0.1, 0.15) is 22.3 Å². The highest BCUT2D eigenvalue weighted by molar-refractivity contribution is 7.92. The topological polar surface area (TPSA) is 67.8 Å². The lowest BCUT2D eigenvalue weighted by atomic mass is 10.1. The zero-order valence-corrected chi connectivity index (χ0v) is 17.7. The molecule has 0 aliphatic heterocycles. The van der Waals surface area contributed by atoms with Crippen molar-refractivity contribution < 1.29 is 13.2 Å². The molecule has 3 aromatic rings. The molecule has 3 aromatic carbocycles. The van der Waals surface area contributed by atoms with E-state index in [2.05, 4.69) is 9.71 Å². The number of hydrogen-bond donors (Lipinski definition) is 1. The van der Waals surface area contributed by atoms with Crippen LogP contribution in [0.25, 0.3) is 0 Å². The van der Waals surface area contributed by atoms with Crippen molar-refractivity contribution in [3.63, 3.8) is 0 Å². The van der Waals surface area contributed by atoms with Gasteiger partial charge in [-0.25, -0.2) is 8.42 Å². The summed E-state index contributed by atoms with van der Waals surface area (Å²) in [6.07, 6.45) is 1.71. The fraction of sp³-hybridized carbons (Fsp3) is 0.174. The Morgan fingerprint density at radius 1 is 0.931 bits per heavy atom. The number of sulfonamides is 1. The average molecular weight is 409 g/mol. The van der Waals surface area contributed by atoms with E-state index in [9.17, 15) is 8.42 Å². The number of nitrogens with one attached hydrogen (secondary N) is 1. The van der Waals surface area contributed by atoms with Crippen LogP contribution in [0.15, 0.2) is 70.6 Å².